The number of hydrogen-bond donors (Lipinski definition) is 1. The van der Waals surface area contributed by atoms with Crippen LogP contribution in [0, 0.1) is 20.8 Å². The molecule has 0 bridgehead atoms. The first-order chi connectivity index (χ1) is 15.4. The fourth-order valence-corrected chi connectivity index (χ4v) is 3.62. The summed E-state index contributed by atoms with van der Waals surface area (Å²) in [6.45, 7) is 10.3. The summed E-state index contributed by atoms with van der Waals surface area (Å²) in [6.07, 6.45) is 0. The van der Waals surface area contributed by atoms with Crippen LogP contribution in [-0.2, 0) is 0 Å². The van der Waals surface area contributed by atoms with Crippen LogP contribution in [0.15, 0.2) is 39.3 Å². The topological polar surface area (TPSA) is 99.6 Å². The Bertz CT molecular complexity index is 1290. The van der Waals surface area contributed by atoms with Gasteiger partial charge in [0.25, 0.3) is 11.6 Å². The Morgan fingerprint density at radius 1 is 1.03 bits per heavy atom. The van der Waals surface area contributed by atoms with Crippen molar-refractivity contribution in [2.75, 3.05) is 18.5 Å². The average molecular weight is 435 g/mol. The molecule has 8 nitrogen and oxygen atoms in total. The van der Waals surface area contributed by atoms with E-state index in [4.69, 9.17) is 18.4 Å². The van der Waals surface area contributed by atoms with E-state index in [1.807, 2.05) is 33.8 Å². The maximum atomic E-state index is 13.3. The fraction of sp³-hybridized carbons (Fsp3) is 0.292. The molecule has 3 heterocycles. The number of hydrogen-bond acceptors (Lipinski definition) is 7. The molecule has 0 aliphatic rings. The zero-order chi connectivity index (χ0) is 22.8. The van der Waals surface area contributed by atoms with Crippen molar-refractivity contribution in [3.63, 3.8) is 0 Å². The molecule has 0 saturated carbocycles. The van der Waals surface area contributed by atoms with Gasteiger partial charge in [0.1, 0.15) is 11.5 Å². The second-order valence-corrected chi connectivity index (χ2v) is 7.31. The standard InChI is InChI=1S/C24H25N3O5/c1-6-29-20-9-8-16(11-21(20)30-7-2)25-23(28)18-12-19(17-10-13(3)31-15(17)5)26-24-22(18)14(4)27-32-24/h8-12H,6-7H2,1-5H3,(H,25,28). The van der Waals surface area contributed by atoms with Crippen LogP contribution in [0.3, 0.4) is 0 Å². The van der Waals surface area contributed by atoms with Gasteiger partial charge in [-0.1, -0.05) is 5.16 Å². The van der Waals surface area contributed by atoms with E-state index in [2.05, 4.69) is 15.5 Å². The van der Waals surface area contributed by atoms with Gasteiger partial charge in [-0.3, -0.25) is 4.79 Å². The third kappa shape index (κ3) is 4.03. The molecule has 1 amide bonds. The minimum absolute atomic E-state index is 0.296. The van der Waals surface area contributed by atoms with Crippen molar-refractivity contribution in [1.29, 1.82) is 0 Å². The number of pyridine rings is 1. The van der Waals surface area contributed by atoms with Crippen molar-refractivity contribution in [3.8, 4) is 22.8 Å². The molecule has 0 unspecified atom stereocenters. The maximum Gasteiger partial charge on any atom is 0.259 e. The second-order valence-electron chi connectivity index (χ2n) is 7.31. The fourth-order valence-electron chi connectivity index (χ4n) is 3.62. The van der Waals surface area contributed by atoms with Gasteiger partial charge < -0.3 is 23.7 Å². The normalized spacial score (nSPS) is 11.0. The van der Waals surface area contributed by atoms with Gasteiger partial charge >= 0.3 is 0 Å². The molecule has 32 heavy (non-hydrogen) atoms. The summed E-state index contributed by atoms with van der Waals surface area (Å²) in [6, 6.07) is 8.91. The zero-order valence-corrected chi connectivity index (χ0v) is 18.7. The third-order valence-electron chi connectivity index (χ3n) is 4.98. The van der Waals surface area contributed by atoms with E-state index in [1.54, 1.807) is 31.2 Å². The summed E-state index contributed by atoms with van der Waals surface area (Å²) in [7, 11) is 0. The Kier molecular flexibility index (Phi) is 5.85. The Morgan fingerprint density at radius 3 is 2.47 bits per heavy atom. The summed E-state index contributed by atoms with van der Waals surface area (Å²) < 4.78 is 22.3. The number of benzene rings is 1. The summed E-state index contributed by atoms with van der Waals surface area (Å²) in [4.78, 5) is 17.9. The van der Waals surface area contributed by atoms with Gasteiger partial charge in [-0.05, 0) is 58.9 Å². The first kappa shape index (κ1) is 21.4. The molecule has 166 valence electrons. The largest absolute Gasteiger partial charge is 0.490 e. The number of amides is 1. The number of anilines is 1. The number of nitrogens with one attached hydrogen (secondary N) is 1. The minimum Gasteiger partial charge on any atom is -0.490 e. The zero-order valence-electron chi connectivity index (χ0n) is 18.7. The minimum atomic E-state index is -0.311. The van der Waals surface area contributed by atoms with Crippen LogP contribution in [0.5, 0.6) is 11.5 Å². The monoisotopic (exact) mass is 435 g/mol. The Balaban J connectivity index is 1.74. The van der Waals surface area contributed by atoms with E-state index in [-0.39, 0.29) is 5.91 Å². The molecular weight excluding hydrogens is 410 g/mol. The van der Waals surface area contributed by atoms with Gasteiger partial charge in [0.2, 0.25) is 0 Å². The van der Waals surface area contributed by atoms with Gasteiger partial charge in [-0.2, -0.15) is 0 Å². The van der Waals surface area contributed by atoms with Crippen LogP contribution in [0.25, 0.3) is 22.4 Å². The average Bonchev–Trinajstić information content (AvgIpc) is 3.30. The van der Waals surface area contributed by atoms with Gasteiger partial charge in [-0.15, -0.1) is 0 Å². The molecule has 1 N–H and O–H groups in total. The number of carbonyl (C=O) groups excluding carboxylic acids is 1. The van der Waals surface area contributed by atoms with Gasteiger partial charge in [0.05, 0.1) is 35.6 Å². The number of aromatic nitrogens is 2. The molecule has 0 spiro atoms. The third-order valence-corrected chi connectivity index (χ3v) is 4.98. The van der Waals surface area contributed by atoms with Crippen LogP contribution in [0.2, 0.25) is 0 Å². The van der Waals surface area contributed by atoms with Crippen molar-refractivity contribution < 1.29 is 23.2 Å². The van der Waals surface area contributed by atoms with Crippen molar-refractivity contribution in [2.24, 2.45) is 0 Å². The van der Waals surface area contributed by atoms with Crippen molar-refractivity contribution in [1.82, 2.24) is 10.1 Å². The Hall–Kier alpha value is -3.81. The number of furan rings is 1. The molecule has 4 aromatic rings. The molecule has 0 atom stereocenters. The summed E-state index contributed by atoms with van der Waals surface area (Å²) in [5, 5.41) is 7.51. The summed E-state index contributed by atoms with van der Waals surface area (Å²) in [5.74, 6) is 2.36. The predicted octanol–water partition coefficient (Wildman–Crippen LogP) is 5.46. The highest BCUT2D eigenvalue weighted by Crippen LogP contribution is 2.33. The highest BCUT2D eigenvalue weighted by atomic mass is 16.5. The highest BCUT2D eigenvalue weighted by Gasteiger charge is 2.21. The van der Waals surface area contributed by atoms with Crippen LogP contribution in [0.4, 0.5) is 5.69 Å². The lowest BCUT2D eigenvalue weighted by Gasteiger charge is -2.13. The van der Waals surface area contributed by atoms with Crippen LogP contribution in [0.1, 0.15) is 41.4 Å². The molecule has 0 saturated heterocycles. The van der Waals surface area contributed by atoms with E-state index in [1.165, 1.54) is 0 Å². The van der Waals surface area contributed by atoms with Crippen LogP contribution >= 0.6 is 0 Å². The molecule has 0 aliphatic heterocycles. The van der Waals surface area contributed by atoms with Gasteiger partial charge in [-0.25, -0.2) is 4.98 Å². The van der Waals surface area contributed by atoms with E-state index < -0.39 is 0 Å². The Labute approximate surface area is 185 Å². The molecule has 8 heteroatoms. The quantitative estimate of drug-likeness (QED) is 0.411. The Morgan fingerprint density at radius 2 is 1.78 bits per heavy atom. The lowest BCUT2D eigenvalue weighted by atomic mass is 10.1. The lowest BCUT2D eigenvalue weighted by Crippen LogP contribution is -2.13. The summed E-state index contributed by atoms with van der Waals surface area (Å²) in [5.41, 5.74) is 3.25. The molecule has 1 aromatic carbocycles. The molecular formula is C24H25N3O5. The number of carbonyl (C=O) groups is 1. The number of aryl methyl sites for hydroxylation is 3. The van der Waals surface area contributed by atoms with Gasteiger partial charge in [0.15, 0.2) is 11.5 Å². The first-order valence-electron chi connectivity index (χ1n) is 10.5. The van der Waals surface area contributed by atoms with E-state index in [9.17, 15) is 4.79 Å². The lowest BCUT2D eigenvalue weighted by molar-refractivity contribution is 0.102. The SMILES string of the molecule is CCOc1ccc(NC(=O)c2cc(-c3cc(C)oc3C)nc3onc(C)c23)cc1OCC. The van der Waals surface area contributed by atoms with Crippen molar-refractivity contribution in [3.05, 3.63) is 53.1 Å². The molecule has 0 aliphatic carbocycles. The van der Waals surface area contributed by atoms with Gasteiger partial charge in [0, 0.05) is 17.3 Å². The second kappa shape index (κ2) is 8.74. The number of fused-ring (bicyclic) bond motifs is 1. The molecule has 3 aromatic heterocycles. The molecule has 4 rings (SSSR count). The summed E-state index contributed by atoms with van der Waals surface area (Å²) >= 11 is 0. The number of ether oxygens (including phenoxy) is 2. The number of nitrogens with zero attached hydrogens (tertiary/aromatic N) is 2. The highest BCUT2D eigenvalue weighted by molar-refractivity contribution is 6.13. The van der Waals surface area contributed by atoms with E-state index in [0.717, 1.165) is 11.3 Å². The van der Waals surface area contributed by atoms with Crippen molar-refractivity contribution >= 4 is 22.7 Å². The van der Waals surface area contributed by atoms with E-state index >= 15 is 0 Å². The van der Waals surface area contributed by atoms with Crippen LogP contribution < -0.4 is 14.8 Å². The van der Waals surface area contributed by atoms with Crippen molar-refractivity contribution in [2.45, 2.75) is 34.6 Å². The first-order valence-corrected chi connectivity index (χ1v) is 10.5. The van der Waals surface area contributed by atoms with Crippen LogP contribution in [-0.4, -0.2) is 29.3 Å². The molecule has 0 fully saturated rings. The number of rotatable bonds is 7. The maximum absolute atomic E-state index is 13.3. The van der Waals surface area contributed by atoms with E-state index in [0.29, 0.717) is 64.2 Å². The molecule has 0 radical (unpaired) electrons. The predicted molar refractivity (Wildman–Crippen MR) is 120 cm³/mol. The smallest absolute Gasteiger partial charge is 0.259 e.